The maximum Gasteiger partial charge on any atom is 0.0611 e. The maximum absolute atomic E-state index is 12.1. The Morgan fingerprint density at radius 1 is 1.19 bits per heavy atom. The standard InChI is InChI=1S/C13H26NO2/c1-6-7-8-16-11-9-12(2,3)14(15)13(4,5)10-11/h11H,6-10H2,1-5H3. The molecule has 0 amide bonds. The van der Waals surface area contributed by atoms with E-state index >= 15 is 0 Å². The molecule has 0 unspecified atom stereocenters. The van der Waals surface area contributed by atoms with Crippen molar-refractivity contribution in [1.29, 1.82) is 0 Å². The molecule has 1 heterocycles. The SMILES string of the molecule is CCCCOC1CC(C)(C)N([O])C(C)(C)C1. The van der Waals surface area contributed by atoms with Crippen LogP contribution in [-0.2, 0) is 9.94 Å². The number of ether oxygens (including phenoxy) is 1. The van der Waals surface area contributed by atoms with E-state index < -0.39 is 0 Å². The molecule has 0 saturated carbocycles. The summed E-state index contributed by atoms with van der Waals surface area (Å²) in [7, 11) is 0. The van der Waals surface area contributed by atoms with E-state index in [0.717, 1.165) is 32.3 Å². The van der Waals surface area contributed by atoms with Crippen molar-refractivity contribution in [2.45, 2.75) is 77.5 Å². The number of rotatable bonds is 4. The molecule has 0 aromatic heterocycles. The Balaban J connectivity index is 2.57. The van der Waals surface area contributed by atoms with Gasteiger partial charge in [-0.3, -0.25) is 0 Å². The molecule has 1 aliphatic rings. The van der Waals surface area contributed by atoms with Crippen LogP contribution >= 0.6 is 0 Å². The van der Waals surface area contributed by atoms with E-state index in [1.807, 2.05) is 27.7 Å². The van der Waals surface area contributed by atoms with Crippen LogP contribution in [0.2, 0.25) is 0 Å². The van der Waals surface area contributed by atoms with E-state index in [1.165, 1.54) is 5.06 Å². The van der Waals surface area contributed by atoms with Gasteiger partial charge < -0.3 is 4.74 Å². The van der Waals surface area contributed by atoms with Gasteiger partial charge in [0.25, 0.3) is 0 Å². The lowest BCUT2D eigenvalue weighted by atomic mass is 9.80. The summed E-state index contributed by atoms with van der Waals surface area (Å²) < 4.78 is 5.88. The van der Waals surface area contributed by atoms with Crippen LogP contribution in [-0.4, -0.2) is 28.9 Å². The van der Waals surface area contributed by atoms with Crippen molar-refractivity contribution >= 4 is 0 Å². The molecule has 1 saturated heterocycles. The van der Waals surface area contributed by atoms with Gasteiger partial charge in [-0.25, -0.2) is 0 Å². The summed E-state index contributed by atoms with van der Waals surface area (Å²) in [5.74, 6) is 0. The third-order valence-electron chi connectivity index (χ3n) is 3.41. The number of nitrogens with zero attached hydrogens (tertiary/aromatic N) is 1. The third kappa shape index (κ3) is 3.19. The zero-order valence-electron chi connectivity index (χ0n) is 11.4. The van der Waals surface area contributed by atoms with Gasteiger partial charge in [-0.1, -0.05) is 13.3 Å². The molecule has 0 aromatic rings. The number of hydrogen-bond donors (Lipinski definition) is 0. The van der Waals surface area contributed by atoms with Crippen LogP contribution in [0.3, 0.4) is 0 Å². The largest absolute Gasteiger partial charge is 0.378 e. The number of hydrogen-bond acceptors (Lipinski definition) is 2. The molecular formula is C13H26NO2. The highest BCUT2D eigenvalue weighted by Crippen LogP contribution is 2.38. The van der Waals surface area contributed by atoms with Gasteiger partial charge >= 0.3 is 0 Å². The maximum atomic E-state index is 12.1. The Morgan fingerprint density at radius 2 is 1.69 bits per heavy atom. The smallest absolute Gasteiger partial charge is 0.0611 e. The van der Waals surface area contributed by atoms with Crippen LogP contribution in [0, 0.1) is 0 Å². The Labute approximate surface area is 99.7 Å². The predicted octanol–water partition coefficient (Wildman–Crippen LogP) is 3.17. The zero-order chi connectivity index (χ0) is 12.4. The Morgan fingerprint density at radius 3 is 2.12 bits per heavy atom. The van der Waals surface area contributed by atoms with Crippen molar-refractivity contribution in [2.24, 2.45) is 0 Å². The van der Waals surface area contributed by atoms with Crippen LogP contribution in [0.25, 0.3) is 0 Å². The molecule has 95 valence electrons. The first kappa shape index (κ1) is 13.9. The van der Waals surface area contributed by atoms with E-state index in [0.29, 0.717) is 0 Å². The van der Waals surface area contributed by atoms with Crippen molar-refractivity contribution in [3.05, 3.63) is 0 Å². The zero-order valence-corrected chi connectivity index (χ0v) is 11.4. The van der Waals surface area contributed by atoms with Crippen molar-refractivity contribution in [1.82, 2.24) is 5.06 Å². The fourth-order valence-electron chi connectivity index (χ4n) is 2.68. The van der Waals surface area contributed by atoms with Gasteiger partial charge in [-0.15, -0.1) is 10.3 Å². The normalized spacial score (nSPS) is 25.9. The second kappa shape index (κ2) is 5.03. The first-order chi connectivity index (χ1) is 7.29. The fourth-order valence-corrected chi connectivity index (χ4v) is 2.68. The molecule has 1 aliphatic heterocycles. The average molecular weight is 228 g/mol. The molecule has 1 fully saturated rings. The highest BCUT2D eigenvalue weighted by Gasteiger charge is 2.46. The van der Waals surface area contributed by atoms with Gasteiger partial charge in [0.15, 0.2) is 0 Å². The van der Waals surface area contributed by atoms with E-state index in [1.54, 1.807) is 0 Å². The summed E-state index contributed by atoms with van der Waals surface area (Å²) in [5, 5.41) is 13.4. The monoisotopic (exact) mass is 228 g/mol. The first-order valence-electron chi connectivity index (χ1n) is 6.38. The minimum atomic E-state index is -0.307. The lowest BCUT2D eigenvalue weighted by Gasteiger charge is -2.49. The second-order valence-electron chi connectivity index (χ2n) is 6.17. The van der Waals surface area contributed by atoms with Crippen molar-refractivity contribution in [3.63, 3.8) is 0 Å². The highest BCUT2D eigenvalue weighted by molar-refractivity contribution is 4.96. The van der Waals surface area contributed by atoms with Crippen LogP contribution < -0.4 is 0 Å². The van der Waals surface area contributed by atoms with Crippen molar-refractivity contribution < 1.29 is 9.94 Å². The van der Waals surface area contributed by atoms with Gasteiger partial charge in [0, 0.05) is 17.7 Å². The third-order valence-corrected chi connectivity index (χ3v) is 3.41. The summed E-state index contributed by atoms with van der Waals surface area (Å²) in [6.07, 6.45) is 4.18. The Kier molecular flexibility index (Phi) is 4.38. The molecule has 16 heavy (non-hydrogen) atoms. The molecule has 0 bridgehead atoms. The molecule has 3 nitrogen and oxygen atoms in total. The van der Waals surface area contributed by atoms with E-state index in [2.05, 4.69) is 6.92 Å². The number of piperidine rings is 1. The number of unbranched alkanes of at least 4 members (excludes halogenated alkanes) is 1. The van der Waals surface area contributed by atoms with Gasteiger partial charge in [0.1, 0.15) is 0 Å². The van der Waals surface area contributed by atoms with Crippen molar-refractivity contribution in [2.75, 3.05) is 6.61 Å². The first-order valence-corrected chi connectivity index (χ1v) is 6.38. The molecule has 0 aliphatic carbocycles. The fraction of sp³-hybridized carbons (Fsp3) is 1.00. The minimum absolute atomic E-state index is 0.238. The second-order valence-corrected chi connectivity index (χ2v) is 6.17. The van der Waals surface area contributed by atoms with E-state index in [-0.39, 0.29) is 17.2 Å². The molecule has 0 spiro atoms. The molecule has 0 aromatic carbocycles. The highest BCUT2D eigenvalue weighted by atomic mass is 16.5. The van der Waals surface area contributed by atoms with Crippen LogP contribution in [0.1, 0.15) is 60.3 Å². The predicted molar refractivity (Wildman–Crippen MR) is 64.6 cm³/mol. The summed E-state index contributed by atoms with van der Waals surface area (Å²) in [4.78, 5) is 0. The lowest BCUT2D eigenvalue weighted by Crippen LogP contribution is -2.59. The van der Waals surface area contributed by atoms with Crippen LogP contribution in [0.15, 0.2) is 0 Å². The molecule has 1 rings (SSSR count). The summed E-state index contributed by atoms with van der Waals surface area (Å²) in [6, 6.07) is 0. The van der Waals surface area contributed by atoms with Crippen molar-refractivity contribution in [3.8, 4) is 0 Å². The summed E-state index contributed by atoms with van der Waals surface area (Å²) in [5.41, 5.74) is -0.614. The molecule has 3 heteroatoms. The summed E-state index contributed by atoms with van der Waals surface area (Å²) >= 11 is 0. The van der Waals surface area contributed by atoms with Gasteiger partial charge in [0.2, 0.25) is 0 Å². The van der Waals surface area contributed by atoms with E-state index in [9.17, 15) is 5.21 Å². The van der Waals surface area contributed by atoms with Gasteiger partial charge in [-0.2, -0.15) is 0 Å². The molecule has 0 atom stereocenters. The summed E-state index contributed by atoms with van der Waals surface area (Å²) in [6.45, 7) is 11.0. The number of hydroxylamine groups is 2. The van der Waals surface area contributed by atoms with Crippen LogP contribution in [0.5, 0.6) is 0 Å². The topological polar surface area (TPSA) is 32.4 Å². The van der Waals surface area contributed by atoms with Crippen LogP contribution in [0.4, 0.5) is 0 Å². The van der Waals surface area contributed by atoms with Gasteiger partial charge in [0.05, 0.1) is 6.10 Å². The average Bonchev–Trinajstić information content (AvgIpc) is 2.14. The van der Waals surface area contributed by atoms with Gasteiger partial charge in [-0.05, 0) is 47.0 Å². The quantitative estimate of drug-likeness (QED) is 0.692. The minimum Gasteiger partial charge on any atom is -0.378 e. The molecular weight excluding hydrogens is 202 g/mol. The van der Waals surface area contributed by atoms with E-state index in [4.69, 9.17) is 4.74 Å². The molecule has 1 radical (unpaired) electrons. The lowest BCUT2D eigenvalue weighted by molar-refractivity contribution is -0.301. The molecule has 0 N–H and O–H groups in total. The Bertz CT molecular complexity index is 208. The Hall–Kier alpha value is -0.120.